The first-order valence-corrected chi connectivity index (χ1v) is 12.6. The number of hydrogen-bond donors (Lipinski definition) is 1. The Morgan fingerprint density at radius 2 is 1.81 bits per heavy atom. The summed E-state index contributed by atoms with van der Waals surface area (Å²) in [5.41, 5.74) is 3.08. The fourth-order valence-corrected chi connectivity index (χ4v) is 4.63. The van der Waals surface area contributed by atoms with Gasteiger partial charge in [-0.3, -0.25) is 14.6 Å². The second-order valence-corrected chi connectivity index (χ2v) is 9.06. The van der Waals surface area contributed by atoms with Crippen LogP contribution < -0.4 is 4.74 Å². The van der Waals surface area contributed by atoms with Gasteiger partial charge in [-0.25, -0.2) is 0 Å². The number of likely N-dealkylation sites (N-methyl/N-ethyl adjacent to an activating group) is 1. The third-order valence-corrected chi connectivity index (χ3v) is 6.78. The molecule has 0 unspecified atom stereocenters. The van der Waals surface area contributed by atoms with E-state index in [0.29, 0.717) is 36.6 Å². The summed E-state index contributed by atoms with van der Waals surface area (Å²) < 4.78 is 5.96. The fraction of sp³-hybridized carbons (Fsp3) is 0.300. The number of carbonyl (C=O) groups is 2. The maximum Gasteiger partial charge on any atom is 0.295 e. The van der Waals surface area contributed by atoms with Crippen LogP contribution in [-0.2, 0) is 16.2 Å². The first kappa shape index (κ1) is 26.1. The van der Waals surface area contributed by atoms with Gasteiger partial charge in [0.15, 0.2) is 0 Å². The van der Waals surface area contributed by atoms with E-state index in [1.807, 2.05) is 43.3 Å². The van der Waals surface area contributed by atoms with E-state index in [2.05, 4.69) is 23.7 Å². The molecule has 7 heteroatoms. The van der Waals surface area contributed by atoms with Crippen molar-refractivity contribution in [3.8, 4) is 5.75 Å². The number of ether oxygens (including phenoxy) is 1. The maximum atomic E-state index is 13.2. The Bertz CT molecular complexity index is 1270. The van der Waals surface area contributed by atoms with E-state index >= 15 is 0 Å². The molecule has 1 N–H and O–H groups in total. The third kappa shape index (κ3) is 5.73. The van der Waals surface area contributed by atoms with Gasteiger partial charge < -0.3 is 19.6 Å². The highest BCUT2D eigenvalue weighted by atomic mass is 16.5. The lowest BCUT2D eigenvalue weighted by molar-refractivity contribution is -0.140. The van der Waals surface area contributed by atoms with Crippen molar-refractivity contribution in [3.63, 3.8) is 0 Å². The number of aryl methyl sites for hydroxylation is 1. The summed E-state index contributed by atoms with van der Waals surface area (Å²) in [4.78, 5) is 34.3. The second kappa shape index (κ2) is 11.8. The zero-order valence-corrected chi connectivity index (χ0v) is 21.6. The summed E-state index contributed by atoms with van der Waals surface area (Å²) in [6, 6.07) is 18.0. The molecule has 0 bridgehead atoms. The molecule has 192 valence electrons. The summed E-state index contributed by atoms with van der Waals surface area (Å²) in [6.07, 6.45) is 3.28. The molecule has 0 radical (unpaired) electrons. The van der Waals surface area contributed by atoms with Gasteiger partial charge in [0.05, 0.1) is 11.6 Å². The number of amides is 1. The van der Waals surface area contributed by atoms with Gasteiger partial charge in [-0.15, -0.1) is 0 Å². The molecular weight excluding hydrogens is 466 g/mol. The summed E-state index contributed by atoms with van der Waals surface area (Å²) in [6.45, 7) is 9.12. The normalized spacial score (nSPS) is 17.0. The van der Waals surface area contributed by atoms with Crippen LogP contribution in [0.25, 0.3) is 5.76 Å². The number of pyridine rings is 1. The largest absolute Gasteiger partial charge is 0.507 e. The predicted octanol–water partition coefficient (Wildman–Crippen LogP) is 4.73. The summed E-state index contributed by atoms with van der Waals surface area (Å²) in [7, 11) is 0. The highest BCUT2D eigenvalue weighted by Crippen LogP contribution is 2.39. The number of ketones is 1. The molecule has 1 aliphatic rings. The quantitative estimate of drug-likeness (QED) is 0.247. The number of carbonyl (C=O) groups excluding carboxylic acids is 2. The number of aromatic nitrogens is 1. The van der Waals surface area contributed by atoms with Crippen molar-refractivity contribution in [3.05, 3.63) is 101 Å². The lowest BCUT2D eigenvalue weighted by Crippen LogP contribution is -2.38. The molecule has 1 amide bonds. The van der Waals surface area contributed by atoms with E-state index in [9.17, 15) is 14.7 Å². The second-order valence-electron chi connectivity index (χ2n) is 9.06. The van der Waals surface area contributed by atoms with Gasteiger partial charge >= 0.3 is 0 Å². The van der Waals surface area contributed by atoms with Gasteiger partial charge in [0.1, 0.15) is 18.1 Å². The number of Topliss-reactive ketones (excluding diaryl/α,β-unsaturated/α-hetero) is 1. The standard InChI is InChI=1S/C30H33N3O4/c1-4-32(5-2)16-17-33-27(24-12-9-15-31-19-24)26(29(35)30(33)36)28(34)23-13-14-25(21(3)18-23)37-20-22-10-7-6-8-11-22/h6-15,18-19,27,34H,4-5,16-17,20H2,1-3H3/b28-26+/t27-/m1/s1. The van der Waals surface area contributed by atoms with E-state index in [-0.39, 0.29) is 11.3 Å². The summed E-state index contributed by atoms with van der Waals surface area (Å²) >= 11 is 0. The van der Waals surface area contributed by atoms with Gasteiger partial charge in [0.25, 0.3) is 11.7 Å². The van der Waals surface area contributed by atoms with Crippen LogP contribution in [-0.4, -0.2) is 57.8 Å². The molecule has 1 saturated heterocycles. The van der Waals surface area contributed by atoms with Gasteiger partial charge in [-0.1, -0.05) is 50.2 Å². The highest BCUT2D eigenvalue weighted by Gasteiger charge is 2.46. The monoisotopic (exact) mass is 499 g/mol. The average molecular weight is 500 g/mol. The molecule has 2 heterocycles. The molecule has 1 aliphatic heterocycles. The first-order chi connectivity index (χ1) is 17.9. The number of aliphatic hydroxyl groups excluding tert-OH is 1. The average Bonchev–Trinajstić information content (AvgIpc) is 3.18. The molecule has 2 aromatic carbocycles. The first-order valence-electron chi connectivity index (χ1n) is 12.6. The third-order valence-electron chi connectivity index (χ3n) is 6.78. The molecule has 1 aromatic heterocycles. The van der Waals surface area contributed by atoms with Crippen LogP contribution in [0.4, 0.5) is 0 Å². The van der Waals surface area contributed by atoms with Crippen LogP contribution in [0.3, 0.4) is 0 Å². The Labute approximate surface area is 218 Å². The van der Waals surface area contributed by atoms with Crippen LogP contribution >= 0.6 is 0 Å². The van der Waals surface area contributed by atoms with Crippen molar-refractivity contribution >= 4 is 17.4 Å². The molecule has 0 aliphatic carbocycles. The number of benzene rings is 2. The Hall–Kier alpha value is -3.97. The minimum atomic E-state index is -0.710. The molecule has 1 atom stereocenters. The topological polar surface area (TPSA) is 83.0 Å². The molecular formula is C30H33N3O4. The molecule has 4 rings (SSSR count). The molecule has 0 spiro atoms. The SMILES string of the molecule is CCN(CC)CCN1C(=O)C(=O)/C(=C(/O)c2ccc(OCc3ccccc3)c(C)c2)[C@H]1c1cccnc1. The number of nitrogens with zero attached hydrogens (tertiary/aromatic N) is 3. The van der Waals surface area contributed by atoms with Crippen LogP contribution in [0.15, 0.2) is 78.6 Å². The van der Waals surface area contributed by atoms with E-state index in [1.165, 1.54) is 0 Å². The van der Waals surface area contributed by atoms with E-state index in [0.717, 1.165) is 24.2 Å². The van der Waals surface area contributed by atoms with Crippen molar-refractivity contribution in [2.75, 3.05) is 26.2 Å². The Balaban J connectivity index is 1.66. The maximum absolute atomic E-state index is 13.2. The van der Waals surface area contributed by atoms with Gasteiger partial charge in [0.2, 0.25) is 0 Å². The lowest BCUT2D eigenvalue weighted by Gasteiger charge is -2.28. The molecule has 7 nitrogen and oxygen atoms in total. The van der Waals surface area contributed by atoms with Crippen LogP contribution in [0.5, 0.6) is 5.75 Å². The zero-order chi connectivity index (χ0) is 26.4. The van der Waals surface area contributed by atoms with Gasteiger partial charge in [-0.2, -0.15) is 0 Å². The predicted molar refractivity (Wildman–Crippen MR) is 143 cm³/mol. The van der Waals surface area contributed by atoms with E-state index < -0.39 is 17.7 Å². The molecule has 1 fully saturated rings. The number of rotatable bonds is 10. The Morgan fingerprint density at radius 3 is 2.46 bits per heavy atom. The van der Waals surface area contributed by atoms with E-state index in [4.69, 9.17) is 4.74 Å². The summed E-state index contributed by atoms with van der Waals surface area (Å²) in [5, 5.41) is 11.4. The zero-order valence-electron chi connectivity index (χ0n) is 21.6. The smallest absolute Gasteiger partial charge is 0.295 e. The summed E-state index contributed by atoms with van der Waals surface area (Å²) in [5.74, 6) is -0.811. The lowest BCUT2D eigenvalue weighted by atomic mass is 9.95. The van der Waals surface area contributed by atoms with Crippen molar-refractivity contribution < 1.29 is 19.4 Å². The molecule has 3 aromatic rings. The van der Waals surface area contributed by atoms with Gasteiger partial charge in [-0.05, 0) is 61.0 Å². The van der Waals surface area contributed by atoms with Gasteiger partial charge in [0, 0.05) is 31.0 Å². The van der Waals surface area contributed by atoms with Crippen molar-refractivity contribution in [2.45, 2.75) is 33.4 Å². The highest BCUT2D eigenvalue weighted by molar-refractivity contribution is 6.46. The van der Waals surface area contributed by atoms with Crippen molar-refractivity contribution in [1.29, 1.82) is 0 Å². The van der Waals surface area contributed by atoms with Crippen molar-refractivity contribution in [1.82, 2.24) is 14.8 Å². The molecule has 0 saturated carbocycles. The number of hydrogen-bond acceptors (Lipinski definition) is 6. The Morgan fingerprint density at radius 1 is 1.05 bits per heavy atom. The van der Waals surface area contributed by atoms with E-state index in [1.54, 1.807) is 41.6 Å². The number of aliphatic hydroxyl groups is 1. The van der Waals surface area contributed by atoms with Crippen LogP contribution in [0.2, 0.25) is 0 Å². The van der Waals surface area contributed by atoms with Crippen LogP contribution in [0.1, 0.15) is 42.1 Å². The molecule has 37 heavy (non-hydrogen) atoms. The van der Waals surface area contributed by atoms with Crippen molar-refractivity contribution in [2.24, 2.45) is 0 Å². The number of likely N-dealkylation sites (tertiary alicyclic amines) is 1. The minimum absolute atomic E-state index is 0.0786. The fourth-order valence-electron chi connectivity index (χ4n) is 4.63. The Kier molecular flexibility index (Phi) is 8.36. The minimum Gasteiger partial charge on any atom is -0.507 e. The van der Waals surface area contributed by atoms with Crippen LogP contribution in [0, 0.1) is 6.92 Å².